The van der Waals surface area contributed by atoms with Crippen molar-refractivity contribution in [3.63, 3.8) is 0 Å². The Bertz CT molecular complexity index is 897. The highest BCUT2D eigenvalue weighted by Gasteiger charge is 2.61. The van der Waals surface area contributed by atoms with Crippen molar-refractivity contribution in [2.45, 2.75) is 29.5 Å². The van der Waals surface area contributed by atoms with E-state index < -0.39 is 41.0 Å². The number of ether oxygens (including phenoxy) is 1. The van der Waals surface area contributed by atoms with Crippen LogP contribution in [0.2, 0.25) is 10.0 Å². The van der Waals surface area contributed by atoms with Crippen molar-refractivity contribution in [2.75, 3.05) is 0 Å². The third kappa shape index (κ3) is 4.09. The Morgan fingerprint density at radius 2 is 1.43 bits per heavy atom. The van der Waals surface area contributed by atoms with E-state index >= 15 is 0 Å². The summed E-state index contributed by atoms with van der Waals surface area (Å²) in [6.45, 7) is 0. The molecule has 0 spiro atoms. The fraction of sp³-hybridized carbons (Fsp3) is 0.263. The first kappa shape index (κ1) is 21.2. The van der Waals surface area contributed by atoms with Crippen molar-refractivity contribution in [2.24, 2.45) is 0 Å². The lowest BCUT2D eigenvalue weighted by atomic mass is 9.82. The van der Waals surface area contributed by atoms with Crippen molar-refractivity contribution >= 4 is 46.4 Å². The third-order valence-electron chi connectivity index (χ3n) is 4.45. The zero-order valence-corrected chi connectivity index (χ0v) is 16.4. The molecular formula is C19H15Cl3O6. The maximum atomic E-state index is 12.9. The number of benzene rings is 2. The highest BCUT2D eigenvalue weighted by molar-refractivity contribution is 6.31. The summed E-state index contributed by atoms with van der Waals surface area (Å²) in [6.07, 6.45) is -4.53. The van der Waals surface area contributed by atoms with Crippen molar-refractivity contribution in [3.8, 4) is 0 Å². The van der Waals surface area contributed by atoms with Gasteiger partial charge >= 0.3 is 0 Å². The van der Waals surface area contributed by atoms with Gasteiger partial charge in [0.1, 0.15) is 12.2 Å². The molecular weight excluding hydrogens is 431 g/mol. The Morgan fingerprint density at radius 3 is 1.93 bits per heavy atom. The maximum Gasteiger partial charge on any atom is 0.249 e. The van der Waals surface area contributed by atoms with Crippen LogP contribution in [0, 0.1) is 0 Å². The van der Waals surface area contributed by atoms with E-state index in [-0.39, 0.29) is 11.1 Å². The SMILES string of the molecule is O=C(c1ccc(Cl)cc1)C(O)C1OC(O)(Cl)C[C@@]1(O)C(=O)c1ccc(Cl)cc1. The van der Waals surface area contributed by atoms with Crippen LogP contribution in [0.25, 0.3) is 0 Å². The predicted molar refractivity (Wildman–Crippen MR) is 103 cm³/mol. The smallest absolute Gasteiger partial charge is 0.249 e. The van der Waals surface area contributed by atoms with Gasteiger partial charge in [0.05, 0.1) is 6.42 Å². The molecule has 0 aromatic heterocycles. The number of hydrogen-bond donors (Lipinski definition) is 3. The van der Waals surface area contributed by atoms with Crippen LogP contribution in [0.1, 0.15) is 27.1 Å². The van der Waals surface area contributed by atoms with Crippen LogP contribution in [-0.4, -0.2) is 49.9 Å². The maximum absolute atomic E-state index is 12.9. The van der Waals surface area contributed by atoms with Crippen molar-refractivity contribution in [1.82, 2.24) is 0 Å². The van der Waals surface area contributed by atoms with Gasteiger partial charge in [0.15, 0.2) is 17.2 Å². The number of Topliss-reactive ketones (excluding diaryl/α,β-unsaturated/α-hetero) is 2. The molecule has 2 aromatic carbocycles. The molecule has 0 aliphatic carbocycles. The molecule has 1 aliphatic rings. The van der Waals surface area contributed by atoms with E-state index in [1.54, 1.807) is 0 Å². The van der Waals surface area contributed by atoms with Gasteiger partial charge in [0.2, 0.25) is 5.25 Å². The lowest BCUT2D eigenvalue weighted by molar-refractivity contribution is -0.154. The second-order valence-electron chi connectivity index (χ2n) is 6.48. The van der Waals surface area contributed by atoms with Crippen LogP contribution < -0.4 is 0 Å². The summed E-state index contributed by atoms with van der Waals surface area (Å²) in [7, 11) is 0. The Hall–Kier alpha value is -1.51. The first-order valence-electron chi connectivity index (χ1n) is 8.13. The van der Waals surface area contributed by atoms with E-state index in [0.29, 0.717) is 10.0 Å². The first-order valence-corrected chi connectivity index (χ1v) is 9.26. The minimum atomic E-state index is -2.45. The van der Waals surface area contributed by atoms with Gasteiger partial charge < -0.3 is 20.1 Å². The molecule has 1 saturated heterocycles. The summed E-state index contributed by atoms with van der Waals surface area (Å²) in [5, 5.41) is 29.9. The number of aliphatic hydroxyl groups excluding tert-OH is 1. The Balaban J connectivity index is 1.94. The van der Waals surface area contributed by atoms with Gasteiger partial charge in [-0.25, -0.2) is 0 Å². The molecule has 3 rings (SSSR count). The number of carbonyl (C=O) groups excluding carboxylic acids is 2. The number of carbonyl (C=O) groups is 2. The molecule has 0 radical (unpaired) electrons. The van der Waals surface area contributed by atoms with Gasteiger partial charge in [-0.2, -0.15) is 0 Å². The van der Waals surface area contributed by atoms with Gasteiger partial charge in [-0.15, -0.1) is 0 Å². The van der Waals surface area contributed by atoms with E-state index in [4.69, 9.17) is 39.5 Å². The number of alkyl halides is 1. The molecule has 0 saturated carbocycles. The lowest BCUT2D eigenvalue weighted by Gasteiger charge is -2.29. The van der Waals surface area contributed by atoms with Crippen LogP contribution in [0.15, 0.2) is 48.5 Å². The quantitative estimate of drug-likeness (QED) is 0.483. The molecule has 1 heterocycles. The molecule has 1 aliphatic heterocycles. The lowest BCUT2D eigenvalue weighted by Crippen LogP contribution is -2.53. The second-order valence-corrected chi connectivity index (χ2v) is 7.94. The molecule has 2 aromatic rings. The zero-order chi connectivity index (χ0) is 20.7. The van der Waals surface area contributed by atoms with E-state index in [1.807, 2.05) is 0 Å². The number of rotatable bonds is 5. The molecule has 6 nitrogen and oxygen atoms in total. The second kappa shape index (κ2) is 7.72. The molecule has 0 bridgehead atoms. The van der Waals surface area contributed by atoms with Gasteiger partial charge in [0.25, 0.3) is 0 Å². The van der Waals surface area contributed by atoms with Gasteiger partial charge in [-0.1, -0.05) is 34.8 Å². The van der Waals surface area contributed by atoms with Gasteiger partial charge in [-0.3, -0.25) is 9.59 Å². The Kier molecular flexibility index (Phi) is 5.85. The van der Waals surface area contributed by atoms with Crippen molar-refractivity contribution in [1.29, 1.82) is 0 Å². The minimum absolute atomic E-state index is 0.0426. The molecule has 9 heteroatoms. The number of halogens is 3. The standard InChI is InChI=1S/C19H15Cl3O6/c20-12-5-1-10(2-6-12)14(23)15(24)17-18(26,9-19(22,27)28-17)16(25)11-3-7-13(21)8-4-11/h1-8,15,17,24,26-27H,9H2/t15?,17?,18-,19?/m1/s1. The van der Waals surface area contributed by atoms with Crippen LogP contribution >= 0.6 is 34.8 Å². The highest BCUT2D eigenvalue weighted by Crippen LogP contribution is 2.43. The van der Waals surface area contributed by atoms with E-state index in [1.165, 1.54) is 48.5 Å². The van der Waals surface area contributed by atoms with Gasteiger partial charge in [-0.05, 0) is 48.5 Å². The Morgan fingerprint density at radius 1 is 0.964 bits per heavy atom. The van der Waals surface area contributed by atoms with Crippen molar-refractivity contribution < 1.29 is 29.6 Å². The average Bonchev–Trinajstić information content (AvgIpc) is 2.91. The van der Waals surface area contributed by atoms with E-state index in [0.717, 1.165) is 0 Å². The highest BCUT2D eigenvalue weighted by atomic mass is 35.5. The fourth-order valence-electron chi connectivity index (χ4n) is 3.08. The zero-order valence-electron chi connectivity index (χ0n) is 14.2. The molecule has 3 unspecified atom stereocenters. The minimum Gasteiger partial charge on any atom is -0.382 e. The first-order chi connectivity index (χ1) is 13.0. The summed E-state index contributed by atoms with van der Waals surface area (Å²) < 4.78 is 5.09. The number of aliphatic hydroxyl groups is 3. The monoisotopic (exact) mass is 444 g/mol. The molecule has 4 atom stereocenters. The van der Waals surface area contributed by atoms with Crippen LogP contribution in [0.5, 0.6) is 0 Å². The molecule has 3 N–H and O–H groups in total. The number of ketones is 2. The number of hydrogen-bond acceptors (Lipinski definition) is 6. The molecule has 1 fully saturated rings. The summed E-state index contributed by atoms with van der Waals surface area (Å²) in [6, 6.07) is 11.2. The van der Waals surface area contributed by atoms with Crippen LogP contribution in [0.4, 0.5) is 0 Å². The molecule has 28 heavy (non-hydrogen) atoms. The molecule has 0 amide bonds. The summed E-state index contributed by atoms with van der Waals surface area (Å²) in [4.78, 5) is 25.5. The summed E-state index contributed by atoms with van der Waals surface area (Å²) in [5.74, 6) is -1.72. The van der Waals surface area contributed by atoms with Crippen LogP contribution in [-0.2, 0) is 4.74 Å². The van der Waals surface area contributed by atoms with E-state index in [2.05, 4.69) is 0 Å². The summed E-state index contributed by atoms with van der Waals surface area (Å²) in [5.41, 5.74) is -2.33. The van der Waals surface area contributed by atoms with Crippen LogP contribution in [0.3, 0.4) is 0 Å². The topological polar surface area (TPSA) is 104 Å². The Labute approximate surface area is 175 Å². The van der Waals surface area contributed by atoms with Crippen molar-refractivity contribution in [3.05, 3.63) is 69.7 Å². The predicted octanol–water partition coefficient (Wildman–Crippen LogP) is 2.82. The molecule has 148 valence electrons. The normalized spacial score (nSPS) is 28.1. The van der Waals surface area contributed by atoms with E-state index in [9.17, 15) is 24.9 Å². The summed E-state index contributed by atoms with van der Waals surface area (Å²) >= 11 is 17.4. The fourth-order valence-corrected chi connectivity index (χ4v) is 3.63. The third-order valence-corrected chi connectivity index (χ3v) is 5.18. The average molecular weight is 446 g/mol. The largest absolute Gasteiger partial charge is 0.382 e. The van der Waals surface area contributed by atoms with Gasteiger partial charge in [0, 0.05) is 21.2 Å².